The molecule has 0 aromatic heterocycles. The predicted octanol–water partition coefficient (Wildman–Crippen LogP) is 1.07. The molecule has 2 amide bonds. The first-order valence-electron chi connectivity index (χ1n) is 6.87. The Hall–Kier alpha value is -2.08. The van der Waals surface area contributed by atoms with Gasteiger partial charge in [0.15, 0.2) is 0 Å². The molecule has 1 saturated heterocycles. The van der Waals surface area contributed by atoms with E-state index in [4.69, 9.17) is 5.11 Å². The lowest BCUT2D eigenvalue weighted by atomic mass is 10.1. The molecule has 1 aromatic carbocycles. The molecule has 2 N–H and O–H groups in total. The highest BCUT2D eigenvalue weighted by Gasteiger charge is 2.40. The molecule has 0 radical (unpaired) electrons. The van der Waals surface area contributed by atoms with Gasteiger partial charge in [0.05, 0.1) is 6.10 Å². The third kappa shape index (κ3) is 3.33. The van der Waals surface area contributed by atoms with E-state index in [2.05, 4.69) is 0 Å². The second kappa shape index (κ2) is 6.13. The lowest BCUT2D eigenvalue weighted by Gasteiger charge is -2.27. The Morgan fingerprint density at radius 1 is 1.38 bits per heavy atom. The number of carbonyl (C=O) groups is 2. The number of benzene rings is 1. The van der Waals surface area contributed by atoms with E-state index < -0.39 is 18.1 Å². The maximum Gasteiger partial charge on any atom is 0.326 e. The van der Waals surface area contributed by atoms with Crippen molar-refractivity contribution in [1.82, 2.24) is 9.80 Å². The zero-order chi connectivity index (χ0) is 15.6. The van der Waals surface area contributed by atoms with Gasteiger partial charge in [0.2, 0.25) is 0 Å². The van der Waals surface area contributed by atoms with E-state index in [1.807, 2.05) is 31.2 Å². The number of nitrogens with zero attached hydrogens (tertiary/aromatic N) is 2. The monoisotopic (exact) mass is 292 g/mol. The maximum absolute atomic E-state index is 12.4. The molecule has 0 saturated carbocycles. The highest BCUT2D eigenvalue weighted by molar-refractivity contribution is 5.83. The molecular formula is C15H20N2O4. The molecule has 1 heterocycles. The number of β-amino-alcohol motifs (C(OH)–C–C–N with tert-alkyl or cyclic N) is 1. The number of carbonyl (C=O) groups excluding carboxylic acids is 1. The van der Waals surface area contributed by atoms with Gasteiger partial charge >= 0.3 is 12.0 Å². The molecule has 2 atom stereocenters. The molecule has 1 aromatic rings. The van der Waals surface area contributed by atoms with Gasteiger partial charge in [-0.05, 0) is 18.1 Å². The van der Waals surface area contributed by atoms with Gasteiger partial charge in [-0.3, -0.25) is 0 Å². The Labute approximate surface area is 123 Å². The van der Waals surface area contributed by atoms with Crippen molar-refractivity contribution in [3.8, 4) is 0 Å². The number of aliphatic hydroxyl groups is 1. The van der Waals surface area contributed by atoms with Gasteiger partial charge in [-0.25, -0.2) is 9.59 Å². The first-order chi connectivity index (χ1) is 9.90. The van der Waals surface area contributed by atoms with Crippen molar-refractivity contribution < 1.29 is 19.8 Å². The molecule has 2 rings (SSSR count). The Morgan fingerprint density at radius 2 is 2.05 bits per heavy atom. The van der Waals surface area contributed by atoms with Gasteiger partial charge in [-0.2, -0.15) is 0 Å². The Balaban J connectivity index is 2.08. The Bertz CT molecular complexity index is 546. The fraction of sp³-hybridized carbons (Fsp3) is 0.467. The van der Waals surface area contributed by atoms with Crippen LogP contribution >= 0.6 is 0 Å². The van der Waals surface area contributed by atoms with Gasteiger partial charge in [0, 0.05) is 26.6 Å². The van der Waals surface area contributed by atoms with Crippen molar-refractivity contribution in [2.24, 2.45) is 0 Å². The van der Waals surface area contributed by atoms with Crippen LogP contribution in [-0.4, -0.2) is 57.8 Å². The number of rotatable bonds is 3. The van der Waals surface area contributed by atoms with Crippen molar-refractivity contribution in [3.05, 3.63) is 35.4 Å². The van der Waals surface area contributed by atoms with E-state index >= 15 is 0 Å². The van der Waals surface area contributed by atoms with Crippen molar-refractivity contribution in [2.45, 2.75) is 32.0 Å². The van der Waals surface area contributed by atoms with E-state index in [0.717, 1.165) is 11.1 Å². The van der Waals surface area contributed by atoms with Crippen LogP contribution in [0.4, 0.5) is 4.79 Å². The van der Waals surface area contributed by atoms with Gasteiger partial charge in [-0.15, -0.1) is 0 Å². The summed E-state index contributed by atoms with van der Waals surface area (Å²) in [6.07, 6.45) is -0.693. The van der Waals surface area contributed by atoms with Crippen LogP contribution in [0.15, 0.2) is 24.3 Å². The average molecular weight is 292 g/mol. The molecule has 0 bridgehead atoms. The standard InChI is InChI=1S/C15H20N2O4/c1-10-5-3-4-6-11(10)8-16(2)15(21)17-9-12(18)7-13(17)14(19)20/h3-6,12-13,18H,7-9H2,1-2H3,(H,19,20)/t12?,13-/m0/s1. The van der Waals surface area contributed by atoms with Crippen molar-refractivity contribution in [3.63, 3.8) is 0 Å². The molecule has 1 aliphatic rings. The number of amides is 2. The van der Waals surface area contributed by atoms with E-state index in [9.17, 15) is 14.7 Å². The van der Waals surface area contributed by atoms with Crippen LogP contribution < -0.4 is 0 Å². The van der Waals surface area contributed by atoms with Crippen molar-refractivity contribution in [1.29, 1.82) is 0 Å². The summed E-state index contributed by atoms with van der Waals surface area (Å²) in [7, 11) is 1.64. The summed E-state index contributed by atoms with van der Waals surface area (Å²) in [5.74, 6) is -1.08. The minimum atomic E-state index is -1.08. The van der Waals surface area contributed by atoms with E-state index in [-0.39, 0.29) is 19.0 Å². The molecule has 1 unspecified atom stereocenters. The number of aliphatic hydroxyl groups excluding tert-OH is 1. The number of hydrogen-bond donors (Lipinski definition) is 2. The molecule has 1 aliphatic heterocycles. The molecule has 0 spiro atoms. The zero-order valence-corrected chi connectivity index (χ0v) is 12.2. The minimum absolute atomic E-state index is 0.0634. The number of likely N-dealkylation sites (tertiary alicyclic amines) is 1. The molecule has 6 heteroatoms. The average Bonchev–Trinajstić information content (AvgIpc) is 2.82. The van der Waals surface area contributed by atoms with Crippen LogP contribution in [0.3, 0.4) is 0 Å². The normalized spacial score (nSPS) is 21.4. The SMILES string of the molecule is Cc1ccccc1CN(C)C(=O)N1CC(O)C[C@H]1C(=O)O. The van der Waals surface area contributed by atoms with Crippen LogP contribution in [-0.2, 0) is 11.3 Å². The number of carboxylic acid groups (broad SMARTS) is 1. The van der Waals surface area contributed by atoms with E-state index in [1.54, 1.807) is 7.05 Å². The van der Waals surface area contributed by atoms with Gasteiger partial charge in [-0.1, -0.05) is 24.3 Å². The lowest BCUT2D eigenvalue weighted by molar-refractivity contribution is -0.141. The van der Waals surface area contributed by atoms with Crippen LogP contribution in [0.25, 0.3) is 0 Å². The number of aliphatic carboxylic acids is 1. The Morgan fingerprint density at radius 3 is 2.67 bits per heavy atom. The summed E-state index contributed by atoms with van der Waals surface area (Å²) in [6, 6.07) is 6.41. The maximum atomic E-state index is 12.4. The molecule has 0 aliphatic carbocycles. The number of carboxylic acids is 1. The largest absolute Gasteiger partial charge is 0.480 e. The highest BCUT2D eigenvalue weighted by atomic mass is 16.4. The van der Waals surface area contributed by atoms with Crippen molar-refractivity contribution in [2.75, 3.05) is 13.6 Å². The third-order valence-corrected chi connectivity index (χ3v) is 3.81. The van der Waals surface area contributed by atoms with Gasteiger partial charge in [0.1, 0.15) is 6.04 Å². The third-order valence-electron chi connectivity index (χ3n) is 3.81. The molecule has 114 valence electrons. The van der Waals surface area contributed by atoms with Crippen LogP contribution in [0.5, 0.6) is 0 Å². The molecule has 1 fully saturated rings. The fourth-order valence-corrected chi connectivity index (χ4v) is 2.59. The van der Waals surface area contributed by atoms with Crippen molar-refractivity contribution >= 4 is 12.0 Å². The zero-order valence-electron chi connectivity index (χ0n) is 12.2. The number of urea groups is 1. The summed E-state index contributed by atoms with van der Waals surface area (Å²) >= 11 is 0. The number of hydrogen-bond acceptors (Lipinski definition) is 3. The molecular weight excluding hydrogens is 272 g/mol. The molecule has 21 heavy (non-hydrogen) atoms. The lowest BCUT2D eigenvalue weighted by Crippen LogP contribution is -2.46. The van der Waals surface area contributed by atoms with E-state index in [0.29, 0.717) is 6.54 Å². The molecule has 6 nitrogen and oxygen atoms in total. The predicted molar refractivity (Wildman–Crippen MR) is 76.8 cm³/mol. The second-order valence-corrected chi connectivity index (χ2v) is 5.46. The quantitative estimate of drug-likeness (QED) is 0.873. The van der Waals surface area contributed by atoms with Crippen LogP contribution in [0.1, 0.15) is 17.5 Å². The summed E-state index contributed by atoms with van der Waals surface area (Å²) in [4.78, 5) is 26.3. The minimum Gasteiger partial charge on any atom is -0.480 e. The smallest absolute Gasteiger partial charge is 0.326 e. The first kappa shape index (κ1) is 15.3. The summed E-state index contributed by atoms with van der Waals surface area (Å²) in [6.45, 7) is 2.44. The Kier molecular flexibility index (Phi) is 4.47. The summed E-state index contributed by atoms with van der Waals surface area (Å²) in [5.41, 5.74) is 2.09. The first-order valence-corrected chi connectivity index (χ1v) is 6.87. The summed E-state index contributed by atoms with van der Waals surface area (Å²) in [5, 5.41) is 18.8. The number of aryl methyl sites for hydroxylation is 1. The fourth-order valence-electron chi connectivity index (χ4n) is 2.59. The van der Waals surface area contributed by atoms with Gasteiger partial charge < -0.3 is 20.0 Å². The summed E-state index contributed by atoms with van der Waals surface area (Å²) < 4.78 is 0. The highest BCUT2D eigenvalue weighted by Crippen LogP contribution is 2.20. The van der Waals surface area contributed by atoms with Crippen LogP contribution in [0.2, 0.25) is 0 Å². The second-order valence-electron chi connectivity index (χ2n) is 5.46. The van der Waals surface area contributed by atoms with E-state index in [1.165, 1.54) is 9.80 Å². The van der Waals surface area contributed by atoms with Gasteiger partial charge in [0.25, 0.3) is 0 Å². The van der Waals surface area contributed by atoms with Crippen LogP contribution in [0, 0.1) is 6.92 Å². The topological polar surface area (TPSA) is 81.1 Å².